The molecule has 1 aliphatic heterocycles. The summed E-state index contributed by atoms with van der Waals surface area (Å²) in [4.78, 5) is 11.6. The van der Waals surface area contributed by atoms with Crippen LogP contribution in [0.2, 0.25) is 0 Å². The van der Waals surface area contributed by atoms with Crippen molar-refractivity contribution in [3.8, 4) is 0 Å². The molecule has 1 fully saturated rings. The van der Waals surface area contributed by atoms with E-state index in [1.807, 2.05) is 13.8 Å². The second-order valence-electron chi connectivity index (χ2n) is 5.88. The van der Waals surface area contributed by atoms with Gasteiger partial charge < -0.3 is 14.9 Å². The lowest BCUT2D eigenvalue weighted by atomic mass is 9.62. The van der Waals surface area contributed by atoms with Crippen molar-refractivity contribution >= 4 is 5.78 Å². The highest BCUT2D eigenvalue weighted by Gasteiger charge is 2.64. The van der Waals surface area contributed by atoms with E-state index in [1.54, 1.807) is 13.8 Å². The van der Waals surface area contributed by atoms with Crippen LogP contribution in [0.4, 0.5) is 0 Å². The molecule has 4 heteroatoms. The zero-order valence-electron chi connectivity index (χ0n) is 10.7. The van der Waals surface area contributed by atoms with Gasteiger partial charge in [0.15, 0.2) is 5.78 Å². The number of aliphatic hydroxyl groups excluding tert-OH is 1. The number of hydrogen-bond acceptors (Lipinski definition) is 4. The summed E-state index contributed by atoms with van der Waals surface area (Å²) in [5, 5.41) is 20.4. The van der Waals surface area contributed by atoms with Gasteiger partial charge >= 0.3 is 0 Å². The first kappa shape index (κ1) is 12.7. The van der Waals surface area contributed by atoms with Crippen molar-refractivity contribution in [3.63, 3.8) is 0 Å². The Kier molecular flexibility index (Phi) is 2.73. The van der Waals surface area contributed by atoms with E-state index in [0.29, 0.717) is 12.0 Å². The van der Waals surface area contributed by atoms with Crippen molar-refractivity contribution in [2.75, 3.05) is 0 Å². The molecule has 0 bridgehead atoms. The largest absolute Gasteiger partial charge is 0.391 e. The lowest BCUT2D eigenvalue weighted by Crippen LogP contribution is -2.54. The highest BCUT2D eigenvalue weighted by Crippen LogP contribution is 2.52. The molecule has 1 heterocycles. The molecule has 96 valence electrons. The quantitative estimate of drug-likeness (QED) is 0.701. The Hall–Kier alpha value is -0.710. The average Bonchev–Trinajstić information content (AvgIpc) is 2.92. The number of aliphatic hydroxyl groups is 2. The summed E-state index contributed by atoms with van der Waals surface area (Å²) < 4.78 is 5.41. The third-order valence-electron chi connectivity index (χ3n) is 4.04. The zero-order chi connectivity index (χ0) is 13.0. The molecule has 0 radical (unpaired) electrons. The van der Waals surface area contributed by atoms with Crippen LogP contribution < -0.4 is 0 Å². The third-order valence-corrected chi connectivity index (χ3v) is 4.04. The normalized spacial score (nSPS) is 42.0. The molecule has 2 rings (SSSR count). The molecule has 4 atom stereocenters. The summed E-state index contributed by atoms with van der Waals surface area (Å²) >= 11 is 0. The number of ketones is 1. The molecule has 1 saturated heterocycles. The number of hydrogen-bond donors (Lipinski definition) is 2. The molecule has 0 unspecified atom stereocenters. The molecule has 0 spiro atoms. The van der Waals surface area contributed by atoms with Gasteiger partial charge in [-0.05, 0) is 25.5 Å². The fourth-order valence-electron chi connectivity index (χ4n) is 2.94. The van der Waals surface area contributed by atoms with Crippen molar-refractivity contribution in [1.82, 2.24) is 0 Å². The Bertz CT molecular complexity index is 383. The van der Waals surface area contributed by atoms with Crippen molar-refractivity contribution in [3.05, 3.63) is 11.6 Å². The van der Waals surface area contributed by atoms with Crippen LogP contribution in [0.3, 0.4) is 0 Å². The second kappa shape index (κ2) is 3.64. The number of carbonyl (C=O) groups is 1. The van der Waals surface area contributed by atoms with Crippen LogP contribution >= 0.6 is 0 Å². The minimum Gasteiger partial charge on any atom is -0.391 e. The number of epoxide rings is 1. The lowest BCUT2D eigenvalue weighted by Gasteiger charge is -2.45. The molecular formula is C13H20O4. The molecular weight excluding hydrogens is 220 g/mol. The summed E-state index contributed by atoms with van der Waals surface area (Å²) in [5.41, 5.74) is -1.10. The van der Waals surface area contributed by atoms with Crippen molar-refractivity contribution in [2.45, 2.75) is 58.0 Å². The molecule has 0 saturated carbocycles. The Balaban J connectivity index is 2.35. The number of allylic oxidation sites excluding steroid dienone is 1. The van der Waals surface area contributed by atoms with Gasteiger partial charge in [-0.2, -0.15) is 0 Å². The van der Waals surface area contributed by atoms with Gasteiger partial charge in [0.2, 0.25) is 0 Å². The van der Waals surface area contributed by atoms with Gasteiger partial charge in [-0.1, -0.05) is 13.8 Å². The topological polar surface area (TPSA) is 70.1 Å². The van der Waals surface area contributed by atoms with Gasteiger partial charge in [-0.15, -0.1) is 0 Å². The van der Waals surface area contributed by atoms with E-state index < -0.39 is 23.2 Å². The fourth-order valence-corrected chi connectivity index (χ4v) is 2.94. The molecule has 0 aromatic rings. The van der Waals surface area contributed by atoms with Crippen LogP contribution in [-0.4, -0.2) is 39.9 Å². The van der Waals surface area contributed by atoms with E-state index in [2.05, 4.69) is 0 Å². The van der Waals surface area contributed by atoms with Gasteiger partial charge in [0, 0.05) is 11.8 Å². The highest BCUT2D eigenvalue weighted by molar-refractivity contribution is 5.92. The summed E-state index contributed by atoms with van der Waals surface area (Å²) in [6.07, 6.45) is 0.433. The molecule has 2 aliphatic rings. The molecule has 0 aromatic carbocycles. The van der Waals surface area contributed by atoms with Gasteiger partial charge in [0.25, 0.3) is 0 Å². The predicted octanol–water partition coefficient (Wildman–Crippen LogP) is 0.811. The minimum atomic E-state index is -1.16. The number of rotatable bonds is 2. The smallest absolute Gasteiger partial charge is 0.156 e. The first-order valence-electron chi connectivity index (χ1n) is 5.97. The second-order valence-corrected chi connectivity index (χ2v) is 5.88. The maximum absolute atomic E-state index is 11.6. The van der Waals surface area contributed by atoms with Crippen molar-refractivity contribution < 1.29 is 19.7 Å². The van der Waals surface area contributed by atoms with E-state index >= 15 is 0 Å². The van der Waals surface area contributed by atoms with E-state index in [9.17, 15) is 15.0 Å². The summed E-state index contributed by atoms with van der Waals surface area (Å²) in [5.74, 6) is 0.0337. The van der Waals surface area contributed by atoms with Crippen LogP contribution in [0.5, 0.6) is 0 Å². The maximum Gasteiger partial charge on any atom is 0.156 e. The van der Waals surface area contributed by atoms with Gasteiger partial charge in [0.1, 0.15) is 17.8 Å². The van der Waals surface area contributed by atoms with E-state index in [0.717, 1.165) is 0 Å². The standard InChI is InChI=1S/C13H20O4/c1-7-5-9(15)6-12(3,4)13(7,16)11-10(17-11)8(2)14/h5,8,10-11,14,16H,6H2,1-4H3/t8-,10+,11+,13+/m1/s1. The predicted molar refractivity (Wildman–Crippen MR) is 62.5 cm³/mol. The molecule has 17 heavy (non-hydrogen) atoms. The Morgan fingerprint density at radius 2 is 2.12 bits per heavy atom. The Morgan fingerprint density at radius 1 is 1.53 bits per heavy atom. The van der Waals surface area contributed by atoms with E-state index in [1.165, 1.54) is 6.08 Å². The van der Waals surface area contributed by atoms with Gasteiger partial charge in [-0.25, -0.2) is 0 Å². The van der Waals surface area contributed by atoms with Crippen molar-refractivity contribution in [1.29, 1.82) is 0 Å². The van der Waals surface area contributed by atoms with Gasteiger partial charge in [0.05, 0.1) is 6.10 Å². The molecule has 4 nitrogen and oxygen atoms in total. The van der Waals surface area contributed by atoms with Crippen LogP contribution in [0.15, 0.2) is 11.6 Å². The third kappa shape index (κ3) is 1.75. The number of ether oxygens (including phenoxy) is 1. The summed E-state index contributed by atoms with van der Waals surface area (Å²) in [7, 11) is 0. The maximum atomic E-state index is 11.6. The lowest BCUT2D eigenvalue weighted by molar-refractivity contribution is -0.125. The molecule has 0 aromatic heterocycles. The van der Waals surface area contributed by atoms with Crippen LogP contribution in [0, 0.1) is 5.41 Å². The first-order chi connectivity index (χ1) is 7.70. The first-order valence-corrected chi connectivity index (χ1v) is 5.97. The summed E-state index contributed by atoms with van der Waals surface area (Å²) in [6, 6.07) is 0. The van der Waals surface area contributed by atoms with E-state index in [-0.39, 0.29) is 11.9 Å². The molecule has 0 amide bonds. The highest BCUT2D eigenvalue weighted by atomic mass is 16.6. The van der Waals surface area contributed by atoms with Crippen molar-refractivity contribution in [2.24, 2.45) is 5.41 Å². The summed E-state index contributed by atoms with van der Waals surface area (Å²) in [6.45, 7) is 7.12. The molecule has 2 N–H and O–H groups in total. The SMILES string of the molecule is CC1=CC(=O)CC(C)(C)[C@@]1(O)[C@H]1O[C@H]1[C@@H](C)O. The molecule has 1 aliphatic carbocycles. The van der Waals surface area contributed by atoms with E-state index in [4.69, 9.17) is 4.74 Å². The Labute approximate surface area is 101 Å². The van der Waals surface area contributed by atoms with Crippen LogP contribution in [0.1, 0.15) is 34.1 Å². The Morgan fingerprint density at radius 3 is 2.53 bits per heavy atom. The number of carbonyl (C=O) groups excluding carboxylic acids is 1. The monoisotopic (exact) mass is 240 g/mol. The minimum absolute atomic E-state index is 0.0337. The van der Waals surface area contributed by atoms with Crippen LogP contribution in [0.25, 0.3) is 0 Å². The van der Waals surface area contributed by atoms with Crippen LogP contribution in [-0.2, 0) is 9.53 Å². The fraction of sp³-hybridized carbons (Fsp3) is 0.769. The van der Waals surface area contributed by atoms with Gasteiger partial charge in [-0.3, -0.25) is 4.79 Å². The average molecular weight is 240 g/mol. The zero-order valence-corrected chi connectivity index (χ0v) is 10.7.